The minimum atomic E-state index is 0.363. The van der Waals surface area contributed by atoms with Gasteiger partial charge in [-0.1, -0.05) is 46.2 Å². The van der Waals surface area contributed by atoms with E-state index in [1.54, 1.807) is 18.2 Å². The van der Waals surface area contributed by atoms with Gasteiger partial charge in [0.25, 0.3) is 0 Å². The van der Waals surface area contributed by atoms with Crippen molar-refractivity contribution in [1.29, 1.82) is 0 Å². The third kappa shape index (κ3) is 3.73. The van der Waals surface area contributed by atoms with Crippen LogP contribution in [0.5, 0.6) is 0 Å². The molecule has 0 atom stereocenters. The van der Waals surface area contributed by atoms with E-state index < -0.39 is 0 Å². The van der Waals surface area contributed by atoms with E-state index in [2.05, 4.69) is 21.9 Å². The van der Waals surface area contributed by atoms with Crippen LogP contribution >= 0.6 is 23.2 Å². The summed E-state index contributed by atoms with van der Waals surface area (Å²) in [5, 5.41) is 4.30. The quantitative estimate of drug-likeness (QED) is 0.246. The Labute approximate surface area is 97.6 Å². The minimum absolute atomic E-state index is 0.363. The molecule has 0 radical (unpaired) electrons. The molecule has 0 aliphatic rings. The predicted octanol–water partition coefficient (Wildman–Crippen LogP) is 4.05. The Morgan fingerprint density at radius 1 is 1.40 bits per heavy atom. The first-order chi connectivity index (χ1) is 7.25. The molecular weight excluding hydrogens is 233 g/mol. The van der Waals surface area contributed by atoms with Crippen molar-refractivity contribution >= 4 is 23.2 Å². The molecule has 1 aromatic carbocycles. The fourth-order valence-electron chi connectivity index (χ4n) is 0.909. The maximum absolute atomic E-state index is 8.03. The van der Waals surface area contributed by atoms with Gasteiger partial charge in [-0.2, -0.15) is 0 Å². The van der Waals surface area contributed by atoms with Gasteiger partial charge >= 0.3 is 0 Å². The van der Waals surface area contributed by atoms with Gasteiger partial charge in [0.2, 0.25) is 0 Å². The molecular formula is C10H7Cl2N3. The van der Waals surface area contributed by atoms with Gasteiger partial charge in [-0.25, -0.2) is 0 Å². The SMILES string of the molecule is [N-]=[N+]=NCCC#Cc1cccc(Cl)c1Cl. The fourth-order valence-corrected chi connectivity index (χ4v) is 1.26. The summed E-state index contributed by atoms with van der Waals surface area (Å²) in [4.78, 5) is 2.62. The highest BCUT2D eigenvalue weighted by atomic mass is 35.5. The van der Waals surface area contributed by atoms with Crippen molar-refractivity contribution in [3.05, 3.63) is 44.3 Å². The molecule has 0 heterocycles. The first kappa shape index (κ1) is 11.7. The van der Waals surface area contributed by atoms with Gasteiger partial charge in [-0.3, -0.25) is 0 Å². The van der Waals surface area contributed by atoms with Crippen molar-refractivity contribution in [1.82, 2.24) is 0 Å². The third-order valence-corrected chi connectivity index (χ3v) is 2.39. The molecule has 5 heteroatoms. The second-order valence-electron chi connectivity index (χ2n) is 2.61. The fraction of sp³-hybridized carbons (Fsp3) is 0.200. The number of hydrogen-bond acceptors (Lipinski definition) is 1. The van der Waals surface area contributed by atoms with Crippen LogP contribution in [0, 0.1) is 11.8 Å². The molecule has 0 spiro atoms. The molecule has 0 N–H and O–H groups in total. The number of benzene rings is 1. The summed E-state index contributed by atoms with van der Waals surface area (Å²) in [6.45, 7) is 0.363. The average molecular weight is 240 g/mol. The number of nitrogens with zero attached hydrogens (tertiary/aromatic N) is 3. The molecule has 0 saturated carbocycles. The van der Waals surface area contributed by atoms with Gasteiger partial charge in [-0.15, -0.1) is 0 Å². The summed E-state index contributed by atoms with van der Waals surface area (Å²) in [5.41, 5.74) is 8.72. The van der Waals surface area contributed by atoms with Crippen molar-refractivity contribution in [2.75, 3.05) is 6.54 Å². The van der Waals surface area contributed by atoms with Gasteiger partial charge in [0.05, 0.1) is 10.0 Å². The van der Waals surface area contributed by atoms with Crippen molar-refractivity contribution in [3.8, 4) is 11.8 Å². The Morgan fingerprint density at radius 3 is 2.93 bits per heavy atom. The van der Waals surface area contributed by atoms with Crippen molar-refractivity contribution in [2.24, 2.45) is 5.11 Å². The first-order valence-electron chi connectivity index (χ1n) is 4.19. The van der Waals surface area contributed by atoms with Gasteiger partial charge in [0, 0.05) is 23.4 Å². The van der Waals surface area contributed by atoms with E-state index in [0.717, 1.165) is 0 Å². The van der Waals surface area contributed by atoms with Crippen LogP contribution in [-0.4, -0.2) is 6.54 Å². The highest BCUT2D eigenvalue weighted by Crippen LogP contribution is 2.24. The molecule has 15 heavy (non-hydrogen) atoms. The monoisotopic (exact) mass is 239 g/mol. The molecule has 0 amide bonds. The lowest BCUT2D eigenvalue weighted by molar-refractivity contribution is 1.01. The lowest BCUT2D eigenvalue weighted by Crippen LogP contribution is -1.79. The second-order valence-corrected chi connectivity index (χ2v) is 3.39. The van der Waals surface area contributed by atoms with E-state index >= 15 is 0 Å². The van der Waals surface area contributed by atoms with E-state index in [1.807, 2.05) is 0 Å². The highest BCUT2D eigenvalue weighted by Gasteiger charge is 1.99. The third-order valence-electron chi connectivity index (χ3n) is 1.57. The molecule has 0 fully saturated rings. The molecule has 3 nitrogen and oxygen atoms in total. The van der Waals surface area contributed by atoms with E-state index in [4.69, 9.17) is 28.7 Å². The summed E-state index contributed by atoms with van der Waals surface area (Å²) in [6, 6.07) is 5.27. The summed E-state index contributed by atoms with van der Waals surface area (Å²) in [7, 11) is 0. The number of azide groups is 1. The zero-order valence-corrected chi connectivity index (χ0v) is 9.26. The van der Waals surface area contributed by atoms with E-state index in [1.165, 1.54) is 0 Å². The van der Waals surface area contributed by atoms with Crippen molar-refractivity contribution in [2.45, 2.75) is 6.42 Å². The summed E-state index contributed by atoms with van der Waals surface area (Å²) in [5.74, 6) is 5.71. The Balaban J connectivity index is 2.71. The summed E-state index contributed by atoms with van der Waals surface area (Å²) < 4.78 is 0. The molecule has 0 bridgehead atoms. The van der Waals surface area contributed by atoms with Gasteiger partial charge in [0.1, 0.15) is 0 Å². The molecule has 0 aliphatic carbocycles. The first-order valence-corrected chi connectivity index (χ1v) is 4.95. The molecule has 0 aliphatic heterocycles. The minimum Gasteiger partial charge on any atom is -0.0977 e. The zero-order chi connectivity index (χ0) is 11.1. The van der Waals surface area contributed by atoms with Crippen LogP contribution in [0.15, 0.2) is 23.3 Å². The second kappa shape index (κ2) is 6.21. The van der Waals surface area contributed by atoms with Gasteiger partial charge in [-0.05, 0) is 17.7 Å². The molecule has 1 rings (SSSR count). The van der Waals surface area contributed by atoms with E-state index in [-0.39, 0.29) is 0 Å². The van der Waals surface area contributed by atoms with Crippen LogP contribution in [0.3, 0.4) is 0 Å². The molecule has 0 unspecified atom stereocenters. The summed E-state index contributed by atoms with van der Waals surface area (Å²) in [6.07, 6.45) is 0.507. The standard InChI is InChI=1S/C10H7Cl2N3/c11-9-6-3-5-8(10(9)12)4-1-2-7-14-15-13/h3,5-6H,2,7H2. The zero-order valence-electron chi connectivity index (χ0n) is 7.74. The van der Waals surface area contributed by atoms with Gasteiger partial charge < -0.3 is 0 Å². The Morgan fingerprint density at radius 2 is 2.20 bits per heavy atom. The predicted molar refractivity (Wildman–Crippen MR) is 62.0 cm³/mol. The molecule has 76 valence electrons. The van der Waals surface area contributed by atoms with Crippen LogP contribution in [0.25, 0.3) is 10.4 Å². The van der Waals surface area contributed by atoms with Crippen LogP contribution in [0.2, 0.25) is 10.0 Å². The van der Waals surface area contributed by atoms with Crippen LogP contribution in [0.1, 0.15) is 12.0 Å². The average Bonchev–Trinajstić information content (AvgIpc) is 2.24. The summed E-state index contributed by atoms with van der Waals surface area (Å²) >= 11 is 11.7. The topological polar surface area (TPSA) is 48.8 Å². The van der Waals surface area contributed by atoms with Crippen LogP contribution in [0.4, 0.5) is 0 Å². The molecule has 1 aromatic rings. The smallest absolute Gasteiger partial charge is 0.0748 e. The van der Waals surface area contributed by atoms with Gasteiger partial charge in [0.15, 0.2) is 0 Å². The maximum atomic E-state index is 8.03. The molecule has 0 saturated heterocycles. The van der Waals surface area contributed by atoms with Crippen molar-refractivity contribution in [3.63, 3.8) is 0 Å². The normalized spacial score (nSPS) is 8.67. The molecule has 0 aromatic heterocycles. The Kier molecular flexibility index (Phi) is 4.86. The van der Waals surface area contributed by atoms with Crippen LogP contribution in [-0.2, 0) is 0 Å². The lowest BCUT2D eigenvalue weighted by Gasteiger charge is -1.96. The van der Waals surface area contributed by atoms with E-state index in [0.29, 0.717) is 28.6 Å². The van der Waals surface area contributed by atoms with E-state index in [9.17, 15) is 0 Å². The Bertz CT molecular complexity index is 453. The Hall–Kier alpha value is -1.33. The largest absolute Gasteiger partial charge is 0.0977 e. The lowest BCUT2D eigenvalue weighted by atomic mass is 10.2. The number of rotatable bonds is 2. The van der Waals surface area contributed by atoms with Crippen LogP contribution < -0.4 is 0 Å². The number of hydrogen-bond donors (Lipinski definition) is 0. The highest BCUT2D eigenvalue weighted by molar-refractivity contribution is 6.42. The van der Waals surface area contributed by atoms with Crippen molar-refractivity contribution < 1.29 is 0 Å². The number of halogens is 2. The maximum Gasteiger partial charge on any atom is 0.0748 e.